The van der Waals surface area contributed by atoms with E-state index in [-0.39, 0.29) is 0 Å². The number of anilines is 2. The predicted molar refractivity (Wildman–Crippen MR) is 96.5 cm³/mol. The van der Waals surface area contributed by atoms with Gasteiger partial charge in [0, 0.05) is 17.5 Å². The minimum atomic E-state index is 0.633. The first-order valence-corrected chi connectivity index (χ1v) is 9.31. The summed E-state index contributed by atoms with van der Waals surface area (Å²) in [5, 5.41) is 11.2. The maximum Gasteiger partial charge on any atom is 0.223 e. The lowest BCUT2D eigenvalue weighted by atomic mass is 9.91. The van der Waals surface area contributed by atoms with Gasteiger partial charge in [-0.3, -0.25) is 0 Å². The summed E-state index contributed by atoms with van der Waals surface area (Å²) in [5.41, 5.74) is 0.868. The summed E-state index contributed by atoms with van der Waals surface area (Å²) in [7, 11) is 3.24. The highest BCUT2D eigenvalue weighted by Gasteiger charge is 2.15. The maximum atomic E-state index is 5.31. The number of rotatable bonds is 7. The molecule has 0 bridgehead atoms. The number of nitrogens with one attached hydrogen (secondary N) is 2. The number of H-pyrrole nitrogens is 1. The Labute approximate surface area is 146 Å². The van der Waals surface area contributed by atoms with Crippen LogP contribution in [0, 0.1) is 5.92 Å². The van der Waals surface area contributed by atoms with E-state index in [1.807, 2.05) is 18.2 Å². The van der Waals surface area contributed by atoms with Crippen molar-refractivity contribution in [3.63, 3.8) is 0 Å². The molecule has 2 aromatic rings. The first-order chi connectivity index (χ1) is 11.8. The molecule has 2 N–H and O–H groups in total. The van der Waals surface area contributed by atoms with Crippen LogP contribution in [-0.4, -0.2) is 35.2 Å². The molecule has 0 unspecified atom stereocenters. The molecule has 130 valence electrons. The van der Waals surface area contributed by atoms with Crippen molar-refractivity contribution in [1.29, 1.82) is 0 Å². The SMILES string of the molecule is COc1ccc(Nc2nc(SCC3CCCCC3)n[nH]2)cc1OC. The Bertz CT molecular complexity index is 656. The lowest BCUT2D eigenvalue weighted by Gasteiger charge is -2.20. The van der Waals surface area contributed by atoms with Crippen LogP contribution in [0.15, 0.2) is 23.4 Å². The van der Waals surface area contributed by atoms with Gasteiger partial charge in [-0.15, -0.1) is 5.10 Å². The molecule has 1 fully saturated rings. The molecule has 1 aromatic carbocycles. The number of thioether (sulfide) groups is 1. The number of hydrogen-bond acceptors (Lipinski definition) is 6. The zero-order valence-electron chi connectivity index (χ0n) is 14.2. The fraction of sp³-hybridized carbons (Fsp3) is 0.529. The molecular weight excluding hydrogens is 324 g/mol. The Kier molecular flexibility index (Phi) is 5.85. The van der Waals surface area contributed by atoms with Crippen LogP contribution in [0.25, 0.3) is 0 Å². The summed E-state index contributed by atoms with van der Waals surface area (Å²) in [6.07, 6.45) is 6.81. The highest BCUT2D eigenvalue weighted by Crippen LogP contribution is 2.31. The van der Waals surface area contributed by atoms with E-state index < -0.39 is 0 Å². The molecular formula is C17H24N4O2S. The highest BCUT2D eigenvalue weighted by atomic mass is 32.2. The van der Waals surface area contributed by atoms with Crippen molar-refractivity contribution in [3.8, 4) is 11.5 Å². The molecule has 1 heterocycles. The van der Waals surface area contributed by atoms with E-state index in [1.165, 1.54) is 32.1 Å². The Morgan fingerprint density at radius 1 is 1.17 bits per heavy atom. The van der Waals surface area contributed by atoms with Gasteiger partial charge in [0.1, 0.15) is 0 Å². The van der Waals surface area contributed by atoms with E-state index in [0.717, 1.165) is 22.5 Å². The van der Waals surface area contributed by atoms with Crippen molar-refractivity contribution < 1.29 is 9.47 Å². The topological polar surface area (TPSA) is 72.1 Å². The fourth-order valence-corrected chi connectivity index (χ4v) is 3.95. The van der Waals surface area contributed by atoms with Crippen LogP contribution in [0.2, 0.25) is 0 Å². The smallest absolute Gasteiger partial charge is 0.223 e. The first-order valence-electron chi connectivity index (χ1n) is 8.32. The van der Waals surface area contributed by atoms with E-state index in [2.05, 4.69) is 20.5 Å². The van der Waals surface area contributed by atoms with Crippen LogP contribution < -0.4 is 14.8 Å². The van der Waals surface area contributed by atoms with Gasteiger partial charge < -0.3 is 14.8 Å². The van der Waals surface area contributed by atoms with E-state index in [9.17, 15) is 0 Å². The molecule has 0 amide bonds. The van der Waals surface area contributed by atoms with Crippen molar-refractivity contribution in [2.24, 2.45) is 5.92 Å². The van der Waals surface area contributed by atoms with Gasteiger partial charge in [0.25, 0.3) is 0 Å². The Hall–Kier alpha value is -1.89. The molecule has 0 radical (unpaired) electrons. The molecule has 0 saturated heterocycles. The van der Waals surface area contributed by atoms with Crippen LogP contribution in [0.4, 0.5) is 11.6 Å². The van der Waals surface area contributed by atoms with E-state index >= 15 is 0 Å². The summed E-state index contributed by atoms with van der Waals surface area (Å²) in [6, 6.07) is 5.64. The molecule has 0 spiro atoms. The van der Waals surface area contributed by atoms with E-state index in [0.29, 0.717) is 17.4 Å². The average molecular weight is 348 g/mol. The molecule has 1 aliphatic rings. The second-order valence-corrected chi connectivity index (χ2v) is 6.96. The second-order valence-electron chi connectivity index (χ2n) is 5.98. The van der Waals surface area contributed by atoms with Crippen molar-refractivity contribution >= 4 is 23.4 Å². The van der Waals surface area contributed by atoms with Crippen LogP contribution in [-0.2, 0) is 0 Å². The molecule has 1 saturated carbocycles. The minimum Gasteiger partial charge on any atom is -0.493 e. The molecule has 6 nitrogen and oxygen atoms in total. The van der Waals surface area contributed by atoms with Crippen LogP contribution in [0.5, 0.6) is 11.5 Å². The number of nitrogens with zero attached hydrogens (tertiary/aromatic N) is 2. The molecule has 3 rings (SSSR count). The summed E-state index contributed by atoms with van der Waals surface area (Å²) in [4.78, 5) is 4.50. The number of aromatic nitrogens is 3. The van der Waals surface area contributed by atoms with Crippen LogP contribution >= 0.6 is 11.8 Å². The lowest BCUT2D eigenvalue weighted by Crippen LogP contribution is -2.08. The number of ether oxygens (including phenoxy) is 2. The third-order valence-corrected chi connectivity index (χ3v) is 5.36. The van der Waals surface area contributed by atoms with Crippen molar-refractivity contribution in [1.82, 2.24) is 15.2 Å². The summed E-state index contributed by atoms with van der Waals surface area (Å²) in [6.45, 7) is 0. The molecule has 24 heavy (non-hydrogen) atoms. The lowest BCUT2D eigenvalue weighted by molar-refractivity contribution is 0.355. The van der Waals surface area contributed by atoms with Gasteiger partial charge >= 0.3 is 0 Å². The third-order valence-electron chi connectivity index (χ3n) is 4.28. The maximum absolute atomic E-state index is 5.31. The van der Waals surface area contributed by atoms with E-state index in [1.54, 1.807) is 26.0 Å². The van der Waals surface area contributed by atoms with Crippen molar-refractivity contribution in [2.75, 3.05) is 25.3 Å². The van der Waals surface area contributed by atoms with Gasteiger partial charge in [0.05, 0.1) is 14.2 Å². The van der Waals surface area contributed by atoms with Crippen LogP contribution in [0.3, 0.4) is 0 Å². The standard InChI is InChI=1S/C17H24N4O2S/c1-22-14-9-8-13(10-15(14)23-2)18-16-19-17(21-20-16)24-11-12-6-4-3-5-7-12/h8-10,12H,3-7,11H2,1-2H3,(H2,18,19,20,21). The highest BCUT2D eigenvalue weighted by molar-refractivity contribution is 7.99. The normalized spacial score (nSPS) is 15.2. The predicted octanol–water partition coefficient (Wildman–Crippen LogP) is 4.24. The van der Waals surface area contributed by atoms with E-state index in [4.69, 9.17) is 9.47 Å². The largest absolute Gasteiger partial charge is 0.493 e. The Morgan fingerprint density at radius 3 is 2.71 bits per heavy atom. The molecule has 7 heteroatoms. The van der Waals surface area contributed by atoms with Gasteiger partial charge in [0.15, 0.2) is 11.5 Å². The number of hydrogen-bond donors (Lipinski definition) is 2. The number of aromatic amines is 1. The second kappa shape index (κ2) is 8.28. The Morgan fingerprint density at radius 2 is 1.96 bits per heavy atom. The summed E-state index contributed by atoms with van der Waals surface area (Å²) < 4.78 is 10.6. The molecule has 1 aliphatic carbocycles. The summed E-state index contributed by atoms with van der Waals surface area (Å²) in [5.74, 6) is 3.92. The average Bonchev–Trinajstić information content (AvgIpc) is 3.08. The van der Waals surface area contributed by atoms with Gasteiger partial charge in [0.2, 0.25) is 11.1 Å². The number of benzene rings is 1. The monoisotopic (exact) mass is 348 g/mol. The molecule has 0 aliphatic heterocycles. The van der Waals surface area contributed by atoms with Gasteiger partial charge in [-0.25, -0.2) is 5.10 Å². The van der Waals surface area contributed by atoms with Gasteiger partial charge in [-0.1, -0.05) is 31.0 Å². The zero-order chi connectivity index (χ0) is 16.8. The Balaban J connectivity index is 1.57. The quantitative estimate of drug-likeness (QED) is 0.729. The number of methoxy groups -OCH3 is 2. The van der Waals surface area contributed by atoms with Crippen LogP contribution in [0.1, 0.15) is 32.1 Å². The molecule has 0 atom stereocenters. The third kappa shape index (κ3) is 4.35. The summed E-state index contributed by atoms with van der Waals surface area (Å²) >= 11 is 1.73. The first kappa shape index (κ1) is 17.0. The van der Waals surface area contributed by atoms with Crippen molar-refractivity contribution in [3.05, 3.63) is 18.2 Å². The minimum absolute atomic E-state index is 0.633. The van der Waals surface area contributed by atoms with Gasteiger partial charge in [-0.05, 0) is 30.9 Å². The zero-order valence-corrected chi connectivity index (χ0v) is 15.0. The van der Waals surface area contributed by atoms with Gasteiger partial charge in [-0.2, -0.15) is 4.98 Å². The molecule has 1 aromatic heterocycles. The fourth-order valence-electron chi connectivity index (χ4n) is 2.96. The van der Waals surface area contributed by atoms with Crippen molar-refractivity contribution in [2.45, 2.75) is 37.3 Å².